The summed E-state index contributed by atoms with van der Waals surface area (Å²) in [5.41, 5.74) is -3.77. The molecule has 130 valence electrons. The molecule has 0 spiro atoms. The summed E-state index contributed by atoms with van der Waals surface area (Å²) >= 11 is 0. The van der Waals surface area contributed by atoms with Gasteiger partial charge in [-0.05, 0) is 6.07 Å². The average molecular weight is 352 g/mol. The summed E-state index contributed by atoms with van der Waals surface area (Å²) in [4.78, 5) is 10.8. The predicted molar refractivity (Wildman–Crippen MR) is 80.7 cm³/mol. The molecular weight excluding hydrogens is 335 g/mol. The second-order valence-electron chi connectivity index (χ2n) is 5.33. The molecule has 9 heteroatoms. The van der Waals surface area contributed by atoms with Gasteiger partial charge in [0.15, 0.2) is 5.82 Å². The predicted octanol–water partition coefficient (Wildman–Crippen LogP) is 2.18. The summed E-state index contributed by atoms with van der Waals surface area (Å²) in [7, 11) is 0. The van der Waals surface area contributed by atoms with Crippen LogP contribution in [0.4, 0.5) is 13.2 Å². The molecule has 1 aromatic carbocycles. The number of nitrogens with zero attached hydrogens (tertiary/aromatic N) is 5. The van der Waals surface area contributed by atoms with Gasteiger partial charge in [0.2, 0.25) is 0 Å². The Hall–Kier alpha value is -2.81. The molecule has 6 nitrogen and oxygen atoms in total. The molecular formula is C16H14F3N5O. The van der Waals surface area contributed by atoms with Crippen LogP contribution in [0.25, 0.3) is 0 Å². The van der Waals surface area contributed by atoms with Gasteiger partial charge in [0, 0.05) is 21.7 Å². The minimum Gasteiger partial charge on any atom is -0.382 e. The lowest BCUT2D eigenvalue weighted by molar-refractivity contribution is -0.0133. The smallest absolute Gasteiger partial charge is 0.163 e. The van der Waals surface area contributed by atoms with Gasteiger partial charge in [-0.1, -0.05) is 12.9 Å². The van der Waals surface area contributed by atoms with Crippen molar-refractivity contribution in [3.63, 3.8) is 0 Å². The fourth-order valence-electron chi connectivity index (χ4n) is 2.49. The summed E-state index contributed by atoms with van der Waals surface area (Å²) in [6.07, 6.45) is 3.93. The first kappa shape index (κ1) is 13.5. The summed E-state index contributed by atoms with van der Waals surface area (Å²) in [6, 6.07) is 2.26. The molecule has 2 aromatic heterocycles. The van der Waals surface area contributed by atoms with Gasteiger partial charge in [-0.25, -0.2) is 32.8 Å². The second kappa shape index (κ2) is 6.60. The fourth-order valence-corrected chi connectivity index (χ4v) is 2.49. The van der Waals surface area contributed by atoms with Crippen LogP contribution in [0.2, 0.25) is 0 Å². The Morgan fingerprint density at radius 2 is 2.08 bits per heavy atom. The summed E-state index contributed by atoms with van der Waals surface area (Å²) in [6.45, 7) is -3.63. The first-order valence-electron chi connectivity index (χ1n) is 8.58. The standard InChI is InChI=1S/C16H14F3N5O/c1-10(15-14(19)5-20-7-22-15)16(25,6-24-9-21-8-23-24)12-3-2-11(17)4-13(12)18/h2-5,7-10,25H,6H2,1H3/t10-,16?/m0/s1/i1D3. The maximum Gasteiger partial charge on any atom is 0.163 e. The summed E-state index contributed by atoms with van der Waals surface area (Å²) < 4.78 is 67.0. The van der Waals surface area contributed by atoms with Crippen LogP contribution < -0.4 is 0 Å². The van der Waals surface area contributed by atoms with Crippen LogP contribution in [0.5, 0.6) is 0 Å². The Labute approximate surface area is 145 Å². The molecule has 0 bridgehead atoms. The third-order valence-electron chi connectivity index (χ3n) is 3.71. The molecule has 0 aliphatic carbocycles. The molecule has 1 unspecified atom stereocenters. The highest BCUT2D eigenvalue weighted by molar-refractivity contribution is 5.30. The Balaban J connectivity index is 2.27. The van der Waals surface area contributed by atoms with Crippen molar-refractivity contribution in [3.05, 3.63) is 72.1 Å². The Morgan fingerprint density at radius 3 is 2.72 bits per heavy atom. The maximum absolute atomic E-state index is 14.6. The van der Waals surface area contributed by atoms with Gasteiger partial charge >= 0.3 is 0 Å². The minimum atomic E-state index is -3.02. The van der Waals surface area contributed by atoms with Crippen molar-refractivity contribution in [2.24, 2.45) is 0 Å². The molecule has 1 N–H and O–H groups in total. The molecule has 0 fully saturated rings. The number of hydrogen-bond acceptors (Lipinski definition) is 5. The monoisotopic (exact) mass is 352 g/mol. The molecule has 0 saturated heterocycles. The number of hydrogen-bond donors (Lipinski definition) is 1. The maximum atomic E-state index is 14.6. The highest BCUT2D eigenvalue weighted by atomic mass is 19.1. The van der Waals surface area contributed by atoms with Gasteiger partial charge < -0.3 is 5.11 Å². The zero-order chi connectivity index (χ0) is 20.5. The van der Waals surface area contributed by atoms with Crippen molar-refractivity contribution < 1.29 is 22.4 Å². The Bertz CT molecular complexity index is 970. The molecule has 3 aromatic rings. The summed E-state index contributed by atoms with van der Waals surface area (Å²) in [5.74, 6) is -5.25. The Kier molecular flexibility index (Phi) is 3.56. The topological polar surface area (TPSA) is 76.7 Å². The molecule has 0 saturated carbocycles. The third-order valence-corrected chi connectivity index (χ3v) is 3.71. The molecule has 2 atom stereocenters. The molecule has 0 aliphatic heterocycles. The highest BCUT2D eigenvalue weighted by Crippen LogP contribution is 2.39. The first-order chi connectivity index (χ1) is 13.1. The van der Waals surface area contributed by atoms with E-state index < -0.39 is 53.6 Å². The van der Waals surface area contributed by atoms with Gasteiger partial charge in [0.25, 0.3) is 0 Å². The second-order valence-corrected chi connectivity index (χ2v) is 5.33. The van der Waals surface area contributed by atoms with Crippen molar-refractivity contribution >= 4 is 0 Å². The fraction of sp³-hybridized carbons (Fsp3) is 0.250. The van der Waals surface area contributed by atoms with Crippen LogP contribution in [-0.4, -0.2) is 29.8 Å². The van der Waals surface area contributed by atoms with Crippen LogP contribution in [0.15, 0.2) is 43.4 Å². The lowest BCUT2D eigenvalue weighted by Gasteiger charge is -2.34. The van der Waals surface area contributed by atoms with E-state index in [1.807, 2.05) is 0 Å². The van der Waals surface area contributed by atoms with Gasteiger partial charge in [0.05, 0.1) is 18.4 Å². The quantitative estimate of drug-likeness (QED) is 0.762. The van der Waals surface area contributed by atoms with Crippen LogP contribution in [0, 0.1) is 17.5 Å². The molecule has 0 aliphatic rings. The number of halogens is 3. The van der Waals surface area contributed by atoms with Crippen molar-refractivity contribution in [1.82, 2.24) is 24.7 Å². The zero-order valence-corrected chi connectivity index (χ0v) is 12.6. The molecule has 0 amide bonds. The number of benzene rings is 1. The van der Waals surface area contributed by atoms with E-state index in [0.717, 1.165) is 35.7 Å². The molecule has 2 heterocycles. The number of aromatic nitrogens is 5. The van der Waals surface area contributed by atoms with E-state index in [0.29, 0.717) is 6.07 Å². The van der Waals surface area contributed by atoms with Crippen LogP contribution >= 0.6 is 0 Å². The van der Waals surface area contributed by atoms with Crippen LogP contribution in [-0.2, 0) is 12.1 Å². The third kappa shape index (κ3) is 3.22. The largest absolute Gasteiger partial charge is 0.382 e. The van der Waals surface area contributed by atoms with E-state index in [-0.39, 0.29) is 0 Å². The van der Waals surface area contributed by atoms with E-state index in [4.69, 9.17) is 4.11 Å². The zero-order valence-electron chi connectivity index (χ0n) is 15.6. The first-order valence-corrected chi connectivity index (χ1v) is 7.08. The lowest BCUT2D eigenvalue weighted by atomic mass is 9.79. The normalized spacial score (nSPS) is 17.2. The van der Waals surface area contributed by atoms with Gasteiger partial charge in [0.1, 0.15) is 36.2 Å². The van der Waals surface area contributed by atoms with E-state index in [9.17, 15) is 18.3 Å². The van der Waals surface area contributed by atoms with Gasteiger partial charge in [-0.3, -0.25) is 0 Å². The van der Waals surface area contributed by atoms with Crippen molar-refractivity contribution in [2.45, 2.75) is 24.9 Å². The summed E-state index contributed by atoms with van der Waals surface area (Å²) in [5, 5.41) is 15.3. The molecule has 3 rings (SSSR count). The van der Waals surface area contributed by atoms with Gasteiger partial charge in [-0.15, -0.1) is 0 Å². The number of rotatable bonds is 5. The highest BCUT2D eigenvalue weighted by Gasteiger charge is 2.41. The SMILES string of the molecule is [2H]C([2H])([2H])[C@@H](c1ncncc1F)C(O)(Cn1cncn1)c1ccc(F)cc1F. The molecule has 25 heavy (non-hydrogen) atoms. The lowest BCUT2D eigenvalue weighted by Crippen LogP contribution is -2.39. The van der Waals surface area contributed by atoms with E-state index >= 15 is 0 Å². The van der Waals surface area contributed by atoms with E-state index in [1.54, 1.807) is 0 Å². The average Bonchev–Trinajstić information content (AvgIpc) is 3.08. The van der Waals surface area contributed by atoms with Crippen LogP contribution in [0.1, 0.15) is 28.1 Å². The minimum absolute atomic E-state index is 0.495. The Morgan fingerprint density at radius 1 is 1.24 bits per heavy atom. The van der Waals surface area contributed by atoms with E-state index in [2.05, 4.69) is 20.1 Å². The molecule has 0 radical (unpaired) electrons. The van der Waals surface area contributed by atoms with E-state index in [1.165, 1.54) is 6.33 Å². The van der Waals surface area contributed by atoms with Crippen molar-refractivity contribution in [3.8, 4) is 0 Å². The van der Waals surface area contributed by atoms with Crippen molar-refractivity contribution in [2.75, 3.05) is 0 Å². The number of aliphatic hydroxyl groups is 1. The van der Waals surface area contributed by atoms with Crippen molar-refractivity contribution in [1.29, 1.82) is 0 Å². The van der Waals surface area contributed by atoms with Gasteiger partial charge in [-0.2, -0.15) is 5.10 Å². The van der Waals surface area contributed by atoms with Crippen LogP contribution in [0.3, 0.4) is 0 Å².